The first kappa shape index (κ1) is 19.0. The Morgan fingerprint density at radius 3 is 2.61 bits per heavy atom. The van der Waals surface area contributed by atoms with Crippen LogP contribution in [0.4, 0.5) is 5.69 Å². The molecule has 1 saturated heterocycles. The highest BCUT2D eigenvalue weighted by Gasteiger charge is 2.40. The smallest absolute Gasteiger partial charge is 0.242 e. The van der Waals surface area contributed by atoms with E-state index in [-0.39, 0.29) is 11.4 Å². The number of carbonyl (C=O) groups excluding carboxylic acids is 1. The van der Waals surface area contributed by atoms with E-state index in [1.807, 2.05) is 40.4 Å². The number of likely N-dealkylation sites (tertiary alicyclic amines) is 1. The predicted molar refractivity (Wildman–Crippen MR) is 117 cm³/mol. The third-order valence-corrected chi connectivity index (χ3v) is 7.19. The van der Waals surface area contributed by atoms with Crippen LogP contribution in [0.25, 0.3) is 10.9 Å². The largest absolute Gasteiger partial charge is 0.364 e. The summed E-state index contributed by atoms with van der Waals surface area (Å²) in [7, 11) is 6.30. The summed E-state index contributed by atoms with van der Waals surface area (Å²) in [4.78, 5) is 24.1. The number of para-hydroxylation sites is 1. The van der Waals surface area contributed by atoms with Crippen LogP contribution in [-0.4, -0.2) is 61.5 Å². The average Bonchev–Trinajstić information content (AvgIpc) is 3.39. The number of carbonyl (C=O) groups is 1. The minimum atomic E-state index is 0.0483. The van der Waals surface area contributed by atoms with E-state index in [9.17, 15) is 4.79 Å². The number of hydrogen-bond acceptors (Lipinski definition) is 4. The third-order valence-electron chi connectivity index (χ3n) is 6.13. The number of amides is 1. The van der Waals surface area contributed by atoms with Gasteiger partial charge in [-0.1, -0.05) is 18.2 Å². The SMILES string of the molecule is CN(CC(=O)N1CCC(c2cccs2)(N(C)C)CC1)c1cccc2cc[nH]c12. The summed E-state index contributed by atoms with van der Waals surface area (Å²) in [5.74, 6) is 0.199. The predicted octanol–water partition coefficient (Wildman–Crippen LogP) is 3.75. The molecule has 3 aromatic rings. The molecule has 148 valence electrons. The lowest BCUT2D eigenvalue weighted by Crippen LogP contribution is -2.52. The van der Waals surface area contributed by atoms with Gasteiger partial charge in [0.25, 0.3) is 0 Å². The molecule has 28 heavy (non-hydrogen) atoms. The van der Waals surface area contributed by atoms with Crippen molar-refractivity contribution in [3.63, 3.8) is 0 Å². The lowest BCUT2D eigenvalue weighted by atomic mass is 9.84. The van der Waals surface area contributed by atoms with Crippen LogP contribution < -0.4 is 4.90 Å². The van der Waals surface area contributed by atoms with Crippen molar-refractivity contribution in [2.24, 2.45) is 0 Å². The molecule has 1 aliphatic rings. The van der Waals surface area contributed by atoms with Crippen molar-refractivity contribution in [1.29, 1.82) is 0 Å². The van der Waals surface area contributed by atoms with Crippen molar-refractivity contribution in [3.05, 3.63) is 52.9 Å². The molecule has 1 fully saturated rings. The summed E-state index contributed by atoms with van der Waals surface area (Å²) in [6, 6.07) is 12.6. The Morgan fingerprint density at radius 2 is 1.93 bits per heavy atom. The van der Waals surface area contributed by atoms with Gasteiger partial charge in [-0.15, -0.1) is 11.3 Å². The van der Waals surface area contributed by atoms with Crippen LogP contribution in [0.5, 0.6) is 0 Å². The monoisotopic (exact) mass is 396 g/mol. The third kappa shape index (κ3) is 3.31. The van der Waals surface area contributed by atoms with Gasteiger partial charge in [0, 0.05) is 36.6 Å². The van der Waals surface area contributed by atoms with E-state index in [1.54, 1.807) is 0 Å². The number of aromatic nitrogens is 1. The van der Waals surface area contributed by atoms with Crippen molar-refractivity contribution in [2.45, 2.75) is 18.4 Å². The van der Waals surface area contributed by atoms with Gasteiger partial charge < -0.3 is 14.8 Å². The van der Waals surface area contributed by atoms with Crippen molar-refractivity contribution < 1.29 is 4.79 Å². The molecule has 6 heteroatoms. The van der Waals surface area contributed by atoms with Gasteiger partial charge in [-0.3, -0.25) is 9.69 Å². The Labute approximate surface area is 170 Å². The zero-order chi connectivity index (χ0) is 19.7. The minimum Gasteiger partial charge on any atom is -0.364 e. The molecule has 1 amide bonds. The van der Waals surface area contributed by atoms with Crippen molar-refractivity contribution in [1.82, 2.24) is 14.8 Å². The maximum Gasteiger partial charge on any atom is 0.242 e. The van der Waals surface area contributed by atoms with Gasteiger partial charge in [-0.25, -0.2) is 0 Å². The molecule has 0 radical (unpaired) electrons. The zero-order valence-electron chi connectivity index (χ0n) is 16.8. The molecule has 0 atom stereocenters. The van der Waals surface area contributed by atoms with Gasteiger partial charge >= 0.3 is 0 Å². The van der Waals surface area contributed by atoms with E-state index in [4.69, 9.17) is 0 Å². The summed E-state index contributed by atoms with van der Waals surface area (Å²) >= 11 is 1.82. The Hall–Kier alpha value is -2.31. The average molecular weight is 397 g/mol. The summed E-state index contributed by atoms with van der Waals surface area (Å²) in [6.07, 6.45) is 3.89. The van der Waals surface area contributed by atoms with Crippen LogP contribution in [-0.2, 0) is 10.3 Å². The molecule has 0 unspecified atom stereocenters. The van der Waals surface area contributed by atoms with Crippen molar-refractivity contribution in [3.8, 4) is 0 Å². The molecule has 4 rings (SSSR count). The Kier molecular flexibility index (Phi) is 5.17. The van der Waals surface area contributed by atoms with Crippen LogP contribution in [0.1, 0.15) is 17.7 Å². The molecular formula is C22H28N4OS. The molecule has 1 N–H and O–H groups in total. The van der Waals surface area contributed by atoms with Crippen LogP contribution >= 0.6 is 11.3 Å². The number of H-pyrrole nitrogens is 1. The fraction of sp³-hybridized carbons (Fsp3) is 0.409. The van der Waals surface area contributed by atoms with Crippen LogP contribution in [0, 0.1) is 0 Å². The molecule has 0 bridgehead atoms. The molecule has 0 spiro atoms. The number of nitrogens with one attached hydrogen (secondary N) is 1. The number of likely N-dealkylation sites (N-methyl/N-ethyl adjacent to an activating group) is 1. The Balaban J connectivity index is 1.43. The number of rotatable bonds is 5. The highest BCUT2D eigenvalue weighted by molar-refractivity contribution is 7.10. The zero-order valence-corrected chi connectivity index (χ0v) is 17.6. The molecule has 3 heterocycles. The Bertz CT molecular complexity index is 939. The maximum atomic E-state index is 13.0. The Morgan fingerprint density at radius 1 is 1.14 bits per heavy atom. The first-order chi connectivity index (χ1) is 13.5. The van der Waals surface area contributed by atoms with Crippen molar-refractivity contribution in [2.75, 3.05) is 45.7 Å². The molecular weight excluding hydrogens is 368 g/mol. The van der Waals surface area contributed by atoms with E-state index in [0.29, 0.717) is 6.54 Å². The quantitative estimate of drug-likeness (QED) is 0.714. The van der Waals surface area contributed by atoms with Gasteiger partial charge in [-0.2, -0.15) is 0 Å². The van der Waals surface area contributed by atoms with Gasteiger partial charge in [0.05, 0.1) is 23.3 Å². The number of anilines is 1. The number of hydrogen-bond donors (Lipinski definition) is 1. The second-order valence-electron chi connectivity index (χ2n) is 7.86. The lowest BCUT2D eigenvalue weighted by Gasteiger charge is -2.46. The second kappa shape index (κ2) is 7.60. The normalized spacial score (nSPS) is 16.6. The number of fused-ring (bicyclic) bond motifs is 1. The van der Waals surface area contributed by atoms with Crippen LogP contribution in [0.3, 0.4) is 0 Å². The number of piperidine rings is 1. The fourth-order valence-corrected chi connectivity index (χ4v) is 5.42. The fourth-order valence-electron chi connectivity index (χ4n) is 4.36. The lowest BCUT2D eigenvalue weighted by molar-refractivity contribution is -0.132. The minimum absolute atomic E-state index is 0.0483. The number of nitrogens with zero attached hydrogens (tertiary/aromatic N) is 3. The van der Waals surface area contributed by atoms with E-state index < -0.39 is 0 Å². The van der Waals surface area contributed by atoms with Crippen LogP contribution in [0.15, 0.2) is 48.0 Å². The summed E-state index contributed by atoms with van der Waals surface area (Å²) in [5.41, 5.74) is 2.20. The number of benzene rings is 1. The topological polar surface area (TPSA) is 42.6 Å². The number of thiophene rings is 1. The highest BCUT2D eigenvalue weighted by Crippen LogP contribution is 2.39. The van der Waals surface area contributed by atoms with E-state index in [2.05, 4.69) is 59.7 Å². The van der Waals surface area contributed by atoms with E-state index in [1.165, 1.54) is 10.3 Å². The molecule has 1 aliphatic heterocycles. The molecule has 0 aliphatic carbocycles. The summed E-state index contributed by atoms with van der Waals surface area (Å²) < 4.78 is 0. The second-order valence-corrected chi connectivity index (χ2v) is 8.81. The maximum absolute atomic E-state index is 13.0. The van der Waals surface area contributed by atoms with Gasteiger partial charge in [-0.05, 0) is 50.5 Å². The summed E-state index contributed by atoms with van der Waals surface area (Å²) in [6.45, 7) is 2.00. The molecule has 5 nitrogen and oxygen atoms in total. The van der Waals surface area contributed by atoms with Crippen LogP contribution in [0.2, 0.25) is 0 Å². The number of aromatic amines is 1. The molecule has 1 aromatic carbocycles. The first-order valence-corrected chi connectivity index (χ1v) is 10.7. The van der Waals surface area contributed by atoms with Crippen molar-refractivity contribution >= 4 is 33.8 Å². The highest BCUT2D eigenvalue weighted by atomic mass is 32.1. The summed E-state index contributed by atoms with van der Waals surface area (Å²) in [5, 5.41) is 3.32. The molecule has 2 aromatic heterocycles. The van der Waals surface area contributed by atoms with Gasteiger partial charge in [0.2, 0.25) is 5.91 Å². The van der Waals surface area contributed by atoms with E-state index in [0.717, 1.165) is 37.1 Å². The standard InChI is InChI=1S/C22H28N4OS/c1-24(2)22(19-8-5-15-28-19)10-13-26(14-11-22)20(27)16-25(3)18-7-4-6-17-9-12-23-21(17)18/h4-9,12,15,23H,10-11,13-14,16H2,1-3H3. The molecule has 0 saturated carbocycles. The van der Waals surface area contributed by atoms with E-state index >= 15 is 0 Å². The van der Waals surface area contributed by atoms with Gasteiger partial charge in [0.1, 0.15) is 0 Å². The van der Waals surface area contributed by atoms with Gasteiger partial charge in [0.15, 0.2) is 0 Å². The first-order valence-electron chi connectivity index (χ1n) is 9.78.